The van der Waals surface area contributed by atoms with E-state index in [2.05, 4.69) is 0 Å². The summed E-state index contributed by atoms with van der Waals surface area (Å²) in [7, 11) is 0. The summed E-state index contributed by atoms with van der Waals surface area (Å²) in [6.45, 7) is 5.55. The first kappa shape index (κ1) is 11.1. The second kappa shape index (κ2) is 3.65. The maximum Gasteiger partial charge on any atom is 0.353 e. The predicted molar refractivity (Wildman–Crippen MR) is 54.5 cm³/mol. The van der Waals surface area contributed by atoms with Crippen LogP contribution in [0.15, 0.2) is 10.6 Å². The molecule has 1 amide bonds. The number of carboxylic acids is 1. The van der Waals surface area contributed by atoms with E-state index in [9.17, 15) is 9.59 Å². The minimum atomic E-state index is -1.04. The highest BCUT2D eigenvalue weighted by Crippen LogP contribution is 2.46. The molecule has 0 atom stereocenters. The van der Waals surface area contributed by atoms with Gasteiger partial charge in [-0.05, 0) is 20.3 Å². The fourth-order valence-corrected chi connectivity index (χ4v) is 2.71. The summed E-state index contributed by atoms with van der Waals surface area (Å²) in [6, 6.07) is 0. The van der Waals surface area contributed by atoms with Gasteiger partial charge in [-0.1, -0.05) is 18.7 Å². The zero-order chi connectivity index (χ0) is 10.9. The van der Waals surface area contributed by atoms with Gasteiger partial charge in [-0.3, -0.25) is 9.69 Å². The molecule has 5 heteroatoms. The molecule has 1 N–H and O–H groups in total. The largest absolute Gasteiger partial charge is 0.477 e. The minimum Gasteiger partial charge on any atom is -0.477 e. The van der Waals surface area contributed by atoms with Gasteiger partial charge in [0.05, 0.1) is 4.87 Å². The zero-order valence-electron chi connectivity index (χ0n) is 8.40. The number of carbonyl (C=O) groups is 2. The molecule has 0 saturated carbocycles. The summed E-state index contributed by atoms with van der Waals surface area (Å²) < 4.78 is 0. The van der Waals surface area contributed by atoms with Gasteiger partial charge in [-0.15, -0.1) is 0 Å². The smallest absolute Gasteiger partial charge is 0.353 e. The van der Waals surface area contributed by atoms with Crippen molar-refractivity contribution in [1.29, 1.82) is 0 Å². The van der Waals surface area contributed by atoms with Crippen LogP contribution in [0, 0.1) is 0 Å². The molecule has 0 aromatic carbocycles. The number of allylic oxidation sites excluding steroid dienone is 1. The maximum absolute atomic E-state index is 11.0. The second-order valence-electron chi connectivity index (χ2n) is 3.45. The number of aliphatic carboxylic acids is 1. The first-order chi connectivity index (χ1) is 6.44. The molecular formula is C9H13NO3S. The highest BCUT2D eigenvalue weighted by atomic mass is 32.2. The lowest BCUT2D eigenvalue weighted by Crippen LogP contribution is -2.37. The standard InChI is InChI=1S/C9H13NO3S/c1-4-6-7(8(12)13)10(5-11)9(2,3)14-6/h5H,4H2,1-3H3,(H,12,13). The fraction of sp³-hybridized carbons (Fsp3) is 0.556. The molecule has 0 saturated heterocycles. The van der Waals surface area contributed by atoms with Crippen LogP contribution in [0.2, 0.25) is 0 Å². The highest BCUT2D eigenvalue weighted by Gasteiger charge is 2.41. The van der Waals surface area contributed by atoms with E-state index in [-0.39, 0.29) is 5.70 Å². The Labute approximate surface area is 87.0 Å². The van der Waals surface area contributed by atoms with Crippen molar-refractivity contribution < 1.29 is 14.7 Å². The Kier molecular flexibility index (Phi) is 2.89. The lowest BCUT2D eigenvalue weighted by atomic mass is 10.2. The van der Waals surface area contributed by atoms with Crippen LogP contribution in [0.5, 0.6) is 0 Å². The van der Waals surface area contributed by atoms with E-state index >= 15 is 0 Å². The van der Waals surface area contributed by atoms with Gasteiger partial charge in [0.1, 0.15) is 5.70 Å². The summed E-state index contributed by atoms with van der Waals surface area (Å²) in [5, 5.41) is 8.98. The Hall–Kier alpha value is -0.970. The molecule has 1 aliphatic rings. The minimum absolute atomic E-state index is 0.123. The Bertz CT molecular complexity index is 309. The third-order valence-electron chi connectivity index (χ3n) is 2.09. The van der Waals surface area contributed by atoms with Crippen LogP contribution in [0.25, 0.3) is 0 Å². The van der Waals surface area contributed by atoms with E-state index in [0.29, 0.717) is 12.8 Å². The van der Waals surface area contributed by atoms with Gasteiger partial charge >= 0.3 is 5.97 Å². The van der Waals surface area contributed by atoms with E-state index in [1.54, 1.807) is 0 Å². The lowest BCUT2D eigenvalue weighted by Gasteiger charge is -2.27. The Morgan fingerprint density at radius 1 is 1.64 bits per heavy atom. The first-order valence-electron chi connectivity index (χ1n) is 4.34. The fourth-order valence-electron chi connectivity index (χ4n) is 1.44. The van der Waals surface area contributed by atoms with Gasteiger partial charge in [-0.2, -0.15) is 0 Å². The molecule has 0 aliphatic carbocycles. The molecule has 0 unspecified atom stereocenters. The Morgan fingerprint density at radius 3 is 2.57 bits per heavy atom. The maximum atomic E-state index is 11.0. The average Bonchev–Trinajstić information content (AvgIpc) is 2.35. The average molecular weight is 215 g/mol. The number of carboxylic acid groups (broad SMARTS) is 1. The molecular weight excluding hydrogens is 202 g/mol. The van der Waals surface area contributed by atoms with Gasteiger partial charge in [0.25, 0.3) is 0 Å². The number of carbonyl (C=O) groups excluding carboxylic acids is 1. The molecule has 1 aliphatic heterocycles. The SMILES string of the molecule is CCC1=C(C(=O)O)N(C=O)C(C)(C)S1. The van der Waals surface area contributed by atoms with Gasteiger partial charge in [0.15, 0.2) is 0 Å². The van der Waals surface area contributed by atoms with Crippen molar-refractivity contribution in [2.24, 2.45) is 0 Å². The predicted octanol–water partition coefficient (Wildman–Crippen LogP) is 1.63. The molecule has 1 heterocycles. The molecule has 0 radical (unpaired) electrons. The summed E-state index contributed by atoms with van der Waals surface area (Å²) in [5.41, 5.74) is 0.123. The van der Waals surface area contributed by atoms with Crippen molar-refractivity contribution in [3.8, 4) is 0 Å². The van der Waals surface area contributed by atoms with Crippen LogP contribution < -0.4 is 0 Å². The monoisotopic (exact) mass is 215 g/mol. The van der Waals surface area contributed by atoms with Crippen molar-refractivity contribution in [2.45, 2.75) is 32.1 Å². The first-order valence-corrected chi connectivity index (χ1v) is 5.15. The third kappa shape index (κ3) is 1.64. The molecule has 0 aromatic rings. The molecule has 0 fully saturated rings. The number of thioether (sulfide) groups is 1. The van der Waals surface area contributed by atoms with E-state index in [0.717, 1.165) is 4.91 Å². The zero-order valence-corrected chi connectivity index (χ0v) is 9.22. The van der Waals surface area contributed by atoms with Gasteiger partial charge in [0, 0.05) is 4.91 Å². The summed E-state index contributed by atoms with van der Waals surface area (Å²) in [5.74, 6) is -1.04. The molecule has 0 bridgehead atoms. The summed E-state index contributed by atoms with van der Waals surface area (Å²) in [4.78, 5) is 23.3. The summed E-state index contributed by atoms with van der Waals surface area (Å²) in [6.07, 6.45) is 1.22. The van der Waals surface area contributed by atoms with E-state index in [4.69, 9.17) is 5.11 Å². The van der Waals surface area contributed by atoms with E-state index < -0.39 is 10.8 Å². The van der Waals surface area contributed by atoms with E-state index in [1.165, 1.54) is 16.7 Å². The summed E-state index contributed by atoms with van der Waals surface area (Å²) >= 11 is 1.43. The van der Waals surface area contributed by atoms with Crippen molar-refractivity contribution in [1.82, 2.24) is 4.90 Å². The third-order valence-corrected chi connectivity index (χ3v) is 3.51. The number of hydrogen-bond acceptors (Lipinski definition) is 3. The number of amides is 1. The number of nitrogens with zero attached hydrogens (tertiary/aromatic N) is 1. The van der Waals surface area contributed by atoms with Crippen molar-refractivity contribution >= 4 is 24.1 Å². The van der Waals surface area contributed by atoms with Crippen LogP contribution in [-0.4, -0.2) is 27.3 Å². The van der Waals surface area contributed by atoms with Crippen LogP contribution in [-0.2, 0) is 9.59 Å². The molecule has 78 valence electrons. The molecule has 1 rings (SSSR count). The normalized spacial score (nSPS) is 20.1. The lowest BCUT2D eigenvalue weighted by molar-refractivity contribution is -0.137. The van der Waals surface area contributed by atoms with Crippen LogP contribution >= 0.6 is 11.8 Å². The van der Waals surface area contributed by atoms with Crippen LogP contribution in [0.4, 0.5) is 0 Å². The molecule has 14 heavy (non-hydrogen) atoms. The highest BCUT2D eigenvalue weighted by molar-refractivity contribution is 8.04. The molecule has 0 spiro atoms. The Balaban J connectivity index is 3.16. The van der Waals surface area contributed by atoms with Gasteiger partial charge in [0.2, 0.25) is 6.41 Å². The van der Waals surface area contributed by atoms with Gasteiger partial charge < -0.3 is 5.11 Å². The molecule has 4 nitrogen and oxygen atoms in total. The van der Waals surface area contributed by atoms with Crippen LogP contribution in [0.1, 0.15) is 27.2 Å². The van der Waals surface area contributed by atoms with Crippen molar-refractivity contribution in [3.63, 3.8) is 0 Å². The molecule has 0 aromatic heterocycles. The number of hydrogen-bond donors (Lipinski definition) is 1. The Morgan fingerprint density at radius 2 is 2.21 bits per heavy atom. The topological polar surface area (TPSA) is 57.6 Å². The van der Waals surface area contributed by atoms with Crippen LogP contribution in [0.3, 0.4) is 0 Å². The number of rotatable bonds is 3. The van der Waals surface area contributed by atoms with Crippen molar-refractivity contribution in [3.05, 3.63) is 10.6 Å². The second-order valence-corrected chi connectivity index (χ2v) is 5.15. The van der Waals surface area contributed by atoms with Crippen molar-refractivity contribution in [2.75, 3.05) is 0 Å². The quantitative estimate of drug-likeness (QED) is 0.727. The van der Waals surface area contributed by atoms with E-state index in [1.807, 2.05) is 20.8 Å². The van der Waals surface area contributed by atoms with Gasteiger partial charge in [-0.25, -0.2) is 4.79 Å².